The Balaban J connectivity index is 1.35. The zero-order valence-corrected chi connectivity index (χ0v) is 14.7. The summed E-state index contributed by atoms with van der Waals surface area (Å²) in [4.78, 5) is 33.5. The van der Waals surface area contributed by atoms with Gasteiger partial charge in [0.05, 0.1) is 17.4 Å². The van der Waals surface area contributed by atoms with Crippen LogP contribution in [0.25, 0.3) is 0 Å². The summed E-state index contributed by atoms with van der Waals surface area (Å²) in [6.45, 7) is 3.43. The number of anilines is 3. The fourth-order valence-corrected chi connectivity index (χ4v) is 2.95. The number of nitrogens with one attached hydrogen (secondary N) is 1. The van der Waals surface area contributed by atoms with Crippen molar-refractivity contribution in [1.82, 2.24) is 19.9 Å². The molecule has 3 aromatic rings. The second-order valence-electron chi connectivity index (χ2n) is 6.12. The van der Waals surface area contributed by atoms with E-state index >= 15 is 0 Å². The van der Waals surface area contributed by atoms with Crippen molar-refractivity contribution in [1.29, 1.82) is 0 Å². The summed E-state index contributed by atoms with van der Waals surface area (Å²) < 4.78 is 0. The largest absolute Gasteiger partial charge is 0.367 e. The van der Waals surface area contributed by atoms with Crippen molar-refractivity contribution in [2.45, 2.75) is 0 Å². The third-order valence-electron chi connectivity index (χ3n) is 4.39. The molecule has 0 bridgehead atoms. The summed E-state index contributed by atoms with van der Waals surface area (Å²) in [5.74, 6) is 1.06. The number of aromatic nitrogens is 4. The van der Waals surface area contributed by atoms with E-state index in [9.17, 15) is 4.79 Å². The molecular weight excluding hydrogens is 342 g/mol. The molecule has 4 heterocycles. The van der Waals surface area contributed by atoms with Crippen molar-refractivity contribution < 1.29 is 4.79 Å². The maximum Gasteiger partial charge on any atom is 0.258 e. The molecule has 8 heteroatoms. The lowest BCUT2D eigenvalue weighted by Gasteiger charge is -2.35. The minimum absolute atomic E-state index is 0.222. The summed E-state index contributed by atoms with van der Waals surface area (Å²) in [6.07, 6.45) is 8.47. The second-order valence-corrected chi connectivity index (χ2v) is 6.12. The van der Waals surface area contributed by atoms with Gasteiger partial charge >= 0.3 is 0 Å². The number of hydrogen-bond acceptors (Lipinski definition) is 7. The lowest BCUT2D eigenvalue weighted by atomic mass is 10.2. The molecule has 8 nitrogen and oxygen atoms in total. The molecule has 1 aliphatic rings. The van der Waals surface area contributed by atoms with Gasteiger partial charge in [-0.15, -0.1) is 0 Å². The van der Waals surface area contributed by atoms with Crippen LogP contribution in [-0.4, -0.2) is 52.0 Å². The van der Waals surface area contributed by atoms with E-state index in [1.54, 1.807) is 36.9 Å². The number of carbonyl (C=O) groups is 1. The van der Waals surface area contributed by atoms with E-state index in [0.717, 1.165) is 37.8 Å². The number of nitrogens with zero attached hydrogens (tertiary/aromatic N) is 6. The summed E-state index contributed by atoms with van der Waals surface area (Å²) >= 11 is 0. The van der Waals surface area contributed by atoms with Crippen LogP contribution >= 0.6 is 0 Å². The van der Waals surface area contributed by atoms with E-state index in [1.807, 2.05) is 18.2 Å². The normalized spacial score (nSPS) is 14.1. The van der Waals surface area contributed by atoms with Crippen LogP contribution < -0.4 is 15.1 Å². The van der Waals surface area contributed by atoms with E-state index in [0.29, 0.717) is 11.4 Å². The van der Waals surface area contributed by atoms with Crippen molar-refractivity contribution in [3.05, 3.63) is 66.9 Å². The third kappa shape index (κ3) is 4.00. The first-order valence-electron chi connectivity index (χ1n) is 8.74. The molecule has 4 rings (SSSR count). The SMILES string of the molecule is O=C(Nc1ccc(N2CCN(c3ncccn3)CC2)cn1)c1cccnc1. The number of amides is 1. The molecule has 136 valence electrons. The monoisotopic (exact) mass is 361 g/mol. The molecule has 0 saturated carbocycles. The van der Waals surface area contributed by atoms with Gasteiger partial charge in [-0.25, -0.2) is 15.0 Å². The van der Waals surface area contributed by atoms with Gasteiger partial charge in [0, 0.05) is 51.0 Å². The lowest BCUT2D eigenvalue weighted by Crippen LogP contribution is -2.47. The Labute approximate surface area is 156 Å². The average Bonchev–Trinajstić information content (AvgIpc) is 2.76. The predicted molar refractivity (Wildman–Crippen MR) is 103 cm³/mol. The highest BCUT2D eigenvalue weighted by atomic mass is 16.1. The number of hydrogen-bond donors (Lipinski definition) is 1. The van der Waals surface area contributed by atoms with E-state index in [1.165, 1.54) is 6.20 Å². The van der Waals surface area contributed by atoms with Crippen LogP contribution in [0.4, 0.5) is 17.5 Å². The minimum Gasteiger partial charge on any atom is -0.367 e. The first kappa shape index (κ1) is 16.9. The van der Waals surface area contributed by atoms with Crippen LogP contribution in [0.2, 0.25) is 0 Å². The van der Waals surface area contributed by atoms with Gasteiger partial charge in [0.15, 0.2) is 0 Å². The molecule has 0 atom stereocenters. The van der Waals surface area contributed by atoms with Gasteiger partial charge in [-0.1, -0.05) is 0 Å². The van der Waals surface area contributed by atoms with Crippen LogP contribution in [0.5, 0.6) is 0 Å². The van der Waals surface area contributed by atoms with Gasteiger partial charge < -0.3 is 15.1 Å². The van der Waals surface area contributed by atoms with Gasteiger partial charge in [0.25, 0.3) is 5.91 Å². The third-order valence-corrected chi connectivity index (χ3v) is 4.39. The number of piperazine rings is 1. The molecule has 0 spiro atoms. The van der Waals surface area contributed by atoms with Gasteiger partial charge in [-0.05, 0) is 30.3 Å². The molecule has 0 unspecified atom stereocenters. The van der Waals surface area contributed by atoms with E-state index in [2.05, 4.69) is 35.1 Å². The van der Waals surface area contributed by atoms with Crippen molar-refractivity contribution in [2.75, 3.05) is 41.3 Å². The van der Waals surface area contributed by atoms with Gasteiger partial charge in [-0.2, -0.15) is 0 Å². The molecule has 0 aromatic carbocycles. The molecule has 1 saturated heterocycles. The zero-order valence-electron chi connectivity index (χ0n) is 14.7. The van der Waals surface area contributed by atoms with Gasteiger partial charge in [0.1, 0.15) is 5.82 Å². The summed E-state index contributed by atoms with van der Waals surface area (Å²) in [6, 6.07) is 9.05. The molecular formula is C19H19N7O. The van der Waals surface area contributed by atoms with Crippen LogP contribution in [0.3, 0.4) is 0 Å². The molecule has 0 radical (unpaired) electrons. The Kier molecular flexibility index (Phi) is 4.86. The number of carbonyl (C=O) groups excluding carboxylic acids is 1. The van der Waals surface area contributed by atoms with Crippen molar-refractivity contribution in [3.8, 4) is 0 Å². The highest BCUT2D eigenvalue weighted by molar-refractivity contribution is 6.03. The smallest absolute Gasteiger partial charge is 0.258 e. The highest BCUT2D eigenvalue weighted by Gasteiger charge is 2.19. The molecule has 1 aliphatic heterocycles. The van der Waals surface area contributed by atoms with Crippen LogP contribution in [0, 0.1) is 0 Å². The molecule has 27 heavy (non-hydrogen) atoms. The Bertz CT molecular complexity index is 879. The Morgan fingerprint density at radius 2 is 1.63 bits per heavy atom. The van der Waals surface area contributed by atoms with Crippen LogP contribution in [-0.2, 0) is 0 Å². The van der Waals surface area contributed by atoms with E-state index < -0.39 is 0 Å². The average molecular weight is 361 g/mol. The van der Waals surface area contributed by atoms with Crippen molar-refractivity contribution >= 4 is 23.4 Å². The first-order valence-corrected chi connectivity index (χ1v) is 8.74. The highest BCUT2D eigenvalue weighted by Crippen LogP contribution is 2.19. The topological polar surface area (TPSA) is 87.1 Å². The zero-order chi connectivity index (χ0) is 18.5. The van der Waals surface area contributed by atoms with Gasteiger partial charge in [0.2, 0.25) is 5.95 Å². The fraction of sp³-hybridized carbons (Fsp3) is 0.211. The minimum atomic E-state index is -0.222. The molecule has 1 amide bonds. The second kappa shape index (κ2) is 7.77. The molecule has 3 aromatic heterocycles. The van der Waals surface area contributed by atoms with Crippen molar-refractivity contribution in [2.24, 2.45) is 0 Å². The number of rotatable bonds is 4. The maximum absolute atomic E-state index is 12.2. The maximum atomic E-state index is 12.2. The Morgan fingerprint density at radius 1 is 0.852 bits per heavy atom. The first-order chi connectivity index (χ1) is 13.3. The fourth-order valence-electron chi connectivity index (χ4n) is 2.95. The molecule has 0 aliphatic carbocycles. The Morgan fingerprint density at radius 3 is 2.30 bits per heavy atom. The van der Waals surface area contributed by atoms with E-state index in [4.69, 9.17) is 0 Å². The lowest BCUT2D eigenvalue weighted by molar-refractivity contribution is 0.102. The number of pyridine rings is 2. The van der Waals surface area contributed by atoms with Crippen LogP contribution in [0.1, 0.15) is 10.4 Å². The molecule has 1 fully saturated rings. The quantitative estimate of drug-likeness (QED) is 0.759. The summed E-state index contributed by atoms with van der Waals surface area (Å²) in [7, 11) is 0. The standard InChI is InChI=1S/C19H19N7O/c27-18(15-3-1-6-20-13-15)24-17-5-4-16(14-23-17)25-9-11-26(12-10-25)19-21-7-2-8-22-19/h1-8,13-14H,9-12H2,(H,23,24,27). The molecule has 1 N–H and O–H groups in total. The summed E-state index contributed by atoms with van der Waals surface area (Å²) in [5, 5.41) is 2.78. The predicted octanol–water partition coefficient (Wildman–Crippen LogP) is 1.85. The van der Waals surface area contributed by atoms with Gasteiger partial charge in [-0.3, -0.25) is 9.78 Å². The Hall–Kier alpha value is -3.55. The van der Waals surface area contributed by atoms with E-state index in [-0.39, 0.29) is 5.91 Å². The van der Waals surface area contributed by atoms with Crippen molar-refractivity contribution in [3.63, 3.8) is 0 Å². The van der Waals surface area contributed by atoms with Crippen LogP contribution in [0.15, 0.2) is 61.3 Å². The summed E-state index contributed by atoms with van der Waals surface area (Å²) in [5.41, 5.74) is 1.53.